The third kappa shape index (κ3) is 5.24. The van der Waals surface area contributed by atoms with Gasteiger partial charge in [-0.15, -0.1) is 0 Å². The molecule has 8 aromatic carbocycles. The molecule has 0 aliphatic carbocycles. The Bertz CT molecular complexity index is 2350. The Kier molecular flexibility index (Phi) is 7.57. The van der Waals surface area contributed by atoms with Gasteiger partial charge in [0.15, 0.2) is 0 Å². The van der Waals surface area contributed by atoms with Gasteiger partial charge in [0, 0.05) is 38.8 Å². The lowest BCUT2D eigenvalue weighted by Gasteiger charge is -2.24. The Morgan fingerprint density at radius 2 is 0.896 bits per heavy atom. The van der Waals surface area contributed by atoms with Crippen molar-refractivity contribution in [1.29, 1.82) is 0 Å². The summed E-state index contributed by atoms with van der Waals surface area (Å²) in [6.45, 7) is 8.96. The van der Waals surface area contributed by atoms with Crippen LogP contribution in [0.3, 0.4) is 0 Å². The first-order chi connectivity index (χ1) is 23.5. The van der Waals surface area contributed by atoms with E-state index in [1.54, 1.807) is 0 Å². The van der Waals surface area contributed by atoms with E-state index >= 15 is 0 Å². The molecule has 8 rings (SSSR count). The molecular formula is C46H40N2. The van der Waals surface area contributed by atoms with E-state index in [0.717, 1.165) is 22.7 Å². The summed E-state index contributed by atoms with van der Waals surface area (Å²) in [5.41, 5.74) is 11.9. The molecule has 0 aliphatic heterocycles. The molecule has 0 amide bonds. The molecule has 8 aromatic rings. The average molecular weight is 621 g/mol. The minimum atomic E-state index is 0.481. The van der Waals surface area contributed by atoms with E-state index in [4.69, 9.17) is 0 Å². The van der Waals surface area contributed by atoms with Gasteiger partial charge >= 0.3 is 0 Å². The minimum absolute atomic E-state index is 0.481. The molecule has 234 valence electrons. The average Bonchev–Trinajstić information content (AvgIpc) is 3.12. The number of anilines is 4. The zero-order valence-electron chi connectivity index (χ0n) is 28.0. The highest BCUT2D eigenvalue weighted by atomic mass is 14.9. The van der Waals surface area contributed by atoms with Crippen molar-refractivity contribution >= 4 is 55.1 Å². The minimum Gasteiger partial charge on any atom is -0.355 e. The lowest BCUT2D eigenvalue weighted by molar-refractivity contribution is 0.867. The highest BCUT2D eigenvalue weighted by Gasteiger charge is 2.23. The predicted molar refractivity (Wildman–Crippen MR) is 209 cm³/mol. The zero-order valence-corrected chi connectivity index (χ0v) is 28.0. The number of nitrogens with one attached hydrogen (secondary N) is 2. The Morgan fingerprint density at radius 3 is 1.48 bits per heavy atom. The lowest BCUT2D eigenvalue weighted by Crippen LogP contribution is -2.01. The summed E-state index contributed by atoms with van der Waals surface area (Å²) < 4.78 is 0. The largest absolute Gasteiger partial charge is 0.355 e. The van der Waals surface area contributed by atoms with Crippen LogP contribution in [-0.4, -0.2) is 0 Å². The van der Waals surface area contributed by atoms with Crippen molar-refractivity contribution in [2.24, 2.45) is 0 Å². The number of rotatable bonds is 8. The first kappa shape index (κ1) is 29.8. The van der Waals surface area contributed by atoms with Crippen LogP contribution in [0.25, 0.3) is 54.6 Å². The summed E-state index contributed by atoms with van der Waals surface area (Å²) in [4.78, 5) is 0. The fourth-order valence-corrected chi connectivity index (χ4v) is 7.20. The van der Waals surface area contributed by atoms with Gasteiger partial charge in [0.2, 0.25) is 0 Å². The molecule has 0 aromatic heterocycles. The summed E-state index contributed by atoms with van der Waals surface area (Å²) in [5.74, 6) is 0.984. The molecule has 0 aliphatic rings. The van der Waals surface area contributed by atoms with E-state index in [2.05, 4.69) is 184 Å². The van der Waals surface area contributed by atoms with Crippen LogP contribution in [-0.2, 0) is 0 Å². The maximum atomic E-state index is 3.95. The van der Waals surface area contributed by atoms with Crippen LogP contribution in [0.4, 0.5) is 22.7 Å². The molecule has 48 heavy (non-hydrogen) atoms. The van der Waals surface area contributed by atoms with Crippen molar-refractivity contribution in [1.82, 2.24) is 0 Å². The first-order valence-electron chi connectivity index (χ1n) is 17.1. The van der Waals surface area contributed by atoms with Gasteiger partial charge in [0.25, 0.3) is 0 Å². The van der Waals surface area contributed by atoms with E-state index in [9.17, 15) is 0 Å². The second kappa shape index (κ2) is 12.2. The van der Waals surface area contributed by atoms with E-state index < -0.39 is 0 Å². The maximum absolute atomic E-state index is 3.95. The Morgan fingerprint density at radius 1 is 0.396 bits per heavy atom. The van der Waals surface area contributed by atoms with Crippen molar-refractivity contribution in [2.45, 2.75) is 39.5 Å². The molecular weight excluding hydrogens is 581 g/mol. The van der Waals surface area contributed by atoms with Crippen LogP contribution in [0.2, 0.25) is 0 Å². The summed E-state index contributed by atoms with van der Waals surface area (Å²) in [6, 6.07) is 53.2. The Hall–Kier alpha value is -5.60. The number of hydrogen-bond donors (Lipinski definition) is 2. The summed E-state index contributed by atoms with van der Waals surface area (Å²) in [6.07, 6.45) is 0. The van der Waals surface area contributed by atoms with Gasteiger partial charge in [-0.25, -0.2) is 0 Å². The summed E-state index contributed by atoms with van der Waals surface area (Å²) in [7, 11) is 0. The van der Waals surface area contributed by atoms with Crippen LogP contribution >= 0.6 is 0 Å². The third-order valence-electron chi connectivity index (χ3n) is 9.78. The van der Waals surface area contributed by atoms with Gasteiger partial charge in [0.05, 0.1) is 5.69 Å². The molecule has 2 nitrogen and oxygen atoms in total. The molecule has 2 heteroatoms. The second-order valence-corrected chi connectivity index (χ2v) is 13.5. The fraction of sp³-hybridized carbons (Fsp3) is 0.130. The summed E-state index contributed by atoms with van der Waals surface area (Å²) >= 11 is 0. The predicted octanol–water partition coefficient (Wildman–Crippen LogP) is 13.7. The number of benzene rings is 8. The van der Waals surface area contributed by atoms with Crippen molar-refractivity contribution in [2.75, 3.05) is 10.6 Å². The molecule has 0 atom stereocenters. The van der Waals surface area contributed by atoms with Crippen molar-refractivity contribution in [3.05, 3.63) is 157 Å². The highest BCUT2D eigenvalue weighted by molar-refractivity contribution is 6.32. The van der Waals surface area contributed by atoms with Gasteiger partial charge in [-0.2, -0.15) is 0 Å². The van der Waals surface area contributed by atoms with Gasteiger partial charge in [0.1, 0.15) is 0 Å². The quantitative estimate of drug-likeness (QED) is 0.165. The molecule has 0 unspecified atom stereocenters. The van der Waals surface area contributed by atoms with Crippen LogP contribution in [0.15, 0.2) is 146 Å². The van der Waals surface area contributed by atoms with Gasteiger partial charge in [-0.05, 0) is 86.1 Å². The SMILES string of the molecule is CC(C)c1ccc(Nc2ccc3ccc4c(Nc5ccc(C(C)C)cc5)c(-c5ccccc5)c(-c5ccccc5)c5ccc2c3c45)cc1. The van der Waals surface area contributed by atoms with Crippen molar-refractivity contribution < 1.29 is 0 Å². The Balaban J connectivity index is 1.42. The van der Waals surface area contributed by atoms with E-state index in [1.807, 2.05) is 0 Å². The molecule has 0 bridgehead atoms. The van der Waals surface area contributed by atoms with Crippen LogP contribution in [0, 0.1) is 0 Å². The van der Waals surface area contributed by atoms with E-state index in [1.165, 1.54) is 65.7 Å². The van der Waals surface area contributed by atoms with Gasteiger partial charge in [-0.3, -0.25) is 0 Å². The molecule has 0 saturated carbocycles. The molecule has 2 N–H and O–H groups in total. The van der Waals surface area contributed by atoms with Crippen LogP contribution in [0.1, 0.15) is 50.7 Å². The van der Waals surface area contributed by atoms with Crippen molar-refractivity contribution in [3.63, 3.8) is 0 Å². The molecule has 0 radical (unpaired) electrons. The third-order valence-corrected chi connectivity index (χ3v) is 9.78. The molecule has 0 spiro atoms. The van der Waals surface area contributed by atoms with E-state index in [-0.39, 0.29) is 0 Å². The molecule has 0 fully saturated rings. The summed E-state index contributed by atoms with van der Waals surface area (Å²) in [5, 5.41) is 15.2. The van der Waals surface area contributed by atoms with E-state index in [0.29, 0.717) is 11.8 Å². The highest BCUT2D eigenvalue weighted by Crippen LogP contribution is 2.51. The lowest BCUT2D eigenvalue weighted by atomic mass is 9.83. The standard InChI is InChI=1S/C46H40N2/c1-29(2)31-15-21-36(22-16-31)47-41-28-20-35-19-25-40-45-39(27-26-38(41)42(35)45)43(33-11-7-5-8-12-33)44(34-13-9-6-10-14-34)46(40)48-37-23-17-32(18-24-37)30(3)4/h5-30,47-48H,1-4H3. The molecule has 0 saturated heterocycles. The molecule has 0 heterocycles. The second-order valence-electron chi connectivity index (χ2n) is 13.5. The Labute approximate surface area is 283 Å². The monoisotopic (exact) mass is 620 g/mol. The zero-order chi connectivity index (χ0) is 32.8. The van der Waals surface area contributed by atoms with Gasteiger partial charge < -0.3 is 10.6 Å². The topological polar surface area (TPSA) is 24.1 Å². The fourth-order valence-electron chi connectivity index (χ4n) is 7.20. The smallest absolute Gasteiger partial charge is 0.0550 e. The normalized spacial score (nSPS) is 11.7. The first-order valence-corrected chi connectivity index (χ1v) is 17.1. The van der Waals surface area contributed by atoms with Crippen LogP contribution < -0.4 is 10.6 Å². The maximum Gasteiger partial charge on any atom is 0.0550 e. The number of hydrogen-bond acceptors (Lipinski definition) is 2. The van der Waals surface area contributed by atoms with Crippen LogP contribution in [0.5, 0.6) is 0 Å². The van der Waals surface area contributed by atoms with Gasteiger partial charge in [-0.1, -0.05) is 143 Å². The van der Waals surface area contributed by atoms with Crippen molar-refractivity contribution in [3.8, 4) is 22.3 Å².